The van der Waals surface area contributed by atoms with Gasteiger partial charge < -0.3 is 0 Å². The second kappa shape index (κ2) is 7.64. The third-order valence-corrected chi connectivity index (χ3v) is 9.44. The highest BCUT2D eigenvalue weighted by Crippen LogP contribution is 2.46. The lowest BCUT2D eigenvalue weighted by molar-refractivity contribution is 0.239. The van der Waals surface area contributed by atoms with Crippen LogP contribution in [0.25, 0.3) is 0 Å². The molecular weight excluding hydrogens is 366 g/mol. The first-order valence-corrected chi connectivity index (χ1v) is 12.0. The Kier molecular flexibility index (Phi) is 5.36. The summed E-state index contributed by atoms with van der Waals surface area (Å²) in [5.74, 6) is 0.640. The lowest BCUT2D eigenvalue weighted by atomic mass is 9.84. The Labute approximate surface area is 169 Å². The summed E-state index contributed by atoms with van der Waals surface area (Å²) in [5.41, 5.74) is 1.46. The average Bonchev–Trinajstić information content (AvgIpc) is 3.26. The van der Waals surface area contributed by atoms with Crippen molar-refractivity contribution in [3.05, 3.63) is 66.2 Å². The van der Waals surface area contributed by atoms with Crippen LogP contribution in [-0.4, -0.2) is 36.7 Å². The van der Waals surface area contributed by atoms with Gasteiger partial charge in [0.25, 0.3) is 0 Å². The van der Waals surface area contributed by atoms with Crippen LogP contribution >= 0.6 is 0 Å². The Morgan fingerprint density at radius 3 is 2.29 bits per heavy atom. The van der Waals surface area contributed by atoms with Crippen LogP contribution in [0.2, 0.25) is 0 Å². The van der Waals surface area contributed by atoms with Gasteiger partial charge in [0.1, 0.15) is 0 Å². The second-order valence-corrected chi connectivity index (χ2v) is 11.6. The summed E-state index contributed by atoms with van der Waals surface area (Å²) in [4.78, 5) is 3.11. The van der Waals surface area contributed by atoms with Gasteiger partial charge in [-0.25, -0.2) is 8.42 Å². The molecule has 0 radical (unpaired) electrons. The average molecular weight is 398 g/mol. The van der Waals surface area contributed by atoms with Crippen LogP contribution in [0, 0.1) is 0 Å². The molecule has 150 valence electrons. The van der Waals surface area contributed by atoms with Crippen LogP contribution in [0.4, 0.5) is 0 Å². The maximum atomic E-state index is 13.0. The molecule has 2 bridgehead atoms. The number of fused-ring (bicyclic) bond motifs is 2. The SMILES string of the molecule is CC(C)(CCCN1C2CC[C@H]1CC2c1ccccc1)S(=O)(=O)c1ccccc1. The van der Waals surface area contributed by atoms with Gasteiger partial charge in [-0.3, -0.25) is 4.90 Å². The van der Waals surface area contributed by atoms with Crippen molar-refractivity contribution in [3.63, 3.8) is 0 Å². The second-order valence-electron chi connectivity index (χ2n) is 8.97. The fraction of sp³-hybridized carbons (Fsp3) is 0.500. The van der Waals surface area contributed by atoms with Crippen molar-refractivity contribution >= 4 is 9.84 Å². The van der Waals surface area contributed by atoms with E-state index < -0.39 is 14.6 Å². The van der Waals surface area contributed by atoms with Crippen LogP contribution in [0.3, 0.4) is 0 Å². The van der Waals surface area contributed by atoms with Crippen molar-refractivity contribution in [1.82, 2.24) is 4.90 Å². The highest BCUT2D eigenvalue weighted by molar-refractivity contribution is 7.92. The predicted octanol–water partition coefficient (Wildman–Crippen LogP) is 5.04. The molecule has 2 heterocycles. The molecule has 2 aromatic carbocycles. The van der Waals surface area contributed by atoms with Gasteiger partial charge in [-0.05, 0) is 70.2 Å². The quantitative estimate of drug-likeness (QED) is 0.657. The standard InChI is InChI=1S/C24H31NO2S/c1-24(2,28(26,27)21-12-7-4-8-13-21)16-9-17-25-20-14-15-23(25)22(18-20)19-10-5-3-6-11-19/h3-8,10-13,20,22-23H,9,14-18H2,1-2H3/t20-,22?,23?/m0/s1. The van der Waals surface area contributed by atoms with E-state index in [1.54, 1.807) is 24.3 Å². The van der Waals surface area contributed by atoms with Crippen molar-refractivity contribution in [2.24, 2.45) is 0 Å². The molecule has 2 saturated heterocycles. The molecule has 2 unspecified atom stereocenters. The topological polar surface area (TPSA) is 37.4 Å². The number of benzene rings is 2. The molecule has 3 nitrogen and oxygen atoms in total. The van der Waals surface area contributed by atoms with E-state index >= 15 is 0 Å². The highest BCUT2D eigenvalue weighted by atomic mass is 32.2. The minimum absolute atomic E-state index is 0.436. The zero-order chi connectivity index (χ0) is 19.8. The number of hydrogen-bond donors (Lipinski definition) is 0. The molecule has 2 fully saturated rings. The fourth-order valence-corrected chi connectivity index (χ4v) is 6.82. The summed E-state index contributed by atoms with van der Waals surface area (Å²) in [7, 11) is -3.32. The summed E-state index contributed by atoms with van der Waals surface area (Å²) in [6, 6.07) is 21.1. The smallest absolute Gasteiger partial charge is 0.183 e. The van der Waals surface area contributed by atoms with Gasteiger partial charge in [0, 0.05) is 18.0 Å². The Morgan fingerprint density at radius 1 is 0.964 bits per heavy atom. The van der Waals surface area contributed by atoms with Crippen LogP contribution in [0.5, 0.6) is 0 Å². The maximum absolute atomic E-state index is 13.0. The Hall–Kier alpha value is -1.65. The van der Waals surface area contributed by atoms with Crippen molar-refractivity contribution in [2.75, 3.05) is 6.54 Å². The summed E-state index contributed by atoms with van der Waals surface area (Å²) >= 11 is 0. The molecule has 2 aliphatic heterocycles. The first-order valence-electron chi connectivity index (χ1n) is 10.5. The molecule has 0 N–H and O–H groups in total. The largest absolute Gasteiger partial charge is 0.297 e. The number of sulfone groups is 1. The van der Waals surface area contributed by atoms with Gasteiger partial charge >= 0.3 is 0 Å². The predicted molar refractivity (Wildman–Crippen MR) is 114 cm³/mol. The molecule has 2 aromatic rings. The number of rotatable bonds is 7. The molecule has 4 rings (SSSR count). The zero-order valence-electron chi connectivity index (χ0n) is 16.9. The van der Waals surface area contributed by atoms with E-state index in [4.69, 9.17) is 0 Å². The zero-order valence-corrected chi connectivity index (χ0v) is 17.7. The molecule has 0 saturated carbocycles. The Morgan fingerprint density at radius 2 is 1.61 bits per heavy atom. The van der Waals surface area contributed by atoms with Gasteiger partial charge in [-0.15, -0.1) is 0 Å². The minimum Gasteiger partial charge on any atom is -0.297 e. The van der Waals surface area contributed by atoms with Crippen molar-refractivity contribution in [2.45, 2.75) is 73.6 Å². The van der Waals surface area contributed by atoms with E-state index in [9.17, 15) is 8.42 Å². The molecule has 2 aliphatic rings. The molecule has 28 heavy (non-hydrogen) atoms. The highest BCUT2D eigenvalue weighted by Gasteiger charge is 2.46. The van der Waals surface area contributed by atoms with E-state index in [0.717, 1.165) is 13.0 Å². The molecule has 0 spiro atoms. The van der Waals surface area contributed by atoms with Gasteiger partial charge in [-0.2, -0.15) is 0 Å². The van der Waals surface area contributed by atoms with Gasteiger partial charge in [0.05, 0.1) is 9.64 Å². The van der Waals surface area contributed by atoms with E-state index in [1.807, 2.05) is 19.9 Å². The lowest BCUT2D eigenvalue weighted by Crippen LogP contribution is -2.35. The third-order valence-electron chi connectivity index (χ3n) is 6.88. The van der Waals surface area contributed by atoms with E-state index in [-0.39, 0.29) is 0 Å². The van der Waals surface area contributed by atoms with E-state index in [2.05, 4.69) is 35.2 Å². The lowest BCUT2D eigenvalue weighted by Gasteiger charge is -2.28. The van der Waals surface area contributed by atoms with Crippen LogP contribution < -0.4 is 0 Å². The van der Waals surface area contributed by atoms with Crippen LogP contribution in [-0.2, 0) is 9.84 Å². The van der Waals surface area contributed by atoms with E-state index in [0.29, 0.717) is 29.3 Å². The van der Waals surface area contributed by atoms with Crippen molar-refractivity contribution < 1.29 is 8.42 Å². The van der Waals surface area contributed by atoms with Gasteiger partial charge in [0.2, 0.25) is 0 Å². The molecule has 0 aliphatic carbocycles. The Balaban J connectivity index is 1.39. The molecule has 0 amide bonds. The van der Waals surface area contributed by atoms with Crippen molar-refractivity contribution in [1.29, 1.82) is 0 Å². The third kappa shape index (κ3) is 3.53. The molecular formula is C24H31NO2S. The first kappa shape index (κ1) is 19.7. The summed E-state index contributed by atoms with van der Waals surface area (Å²) < 4.78 is 25.3. The molecule has 3 atom stereocenters. The first-order chi connectivity index (χ1) is 13.4. The number of hydrogen-bond acceptors (Lipinski definition) is 3. The minimum atomic E-state index is -3.32. The summed E-state index contributed by atoms with van der Waals surface area (Å²) in [6.07, 6.45) is 5.43. The summed E-state index contributed by atoms with van der Waals surface area (Å²) in [6.45, 7) is 4.76. The number of nitrogens with zero attached hydrogens (tertiary/aromatic N) is 1. The Bertz CT molecular complexity index is 893. The van der Waals surface area contributed by atoms with Gasteiger partial charge in [-0.1, -0.05) is 48.5 Å². The van der Waals surface area contributed by atoms with E-state index in [1.165, 1.54) is 24.8 Å². The monoisotopic (exact) mass is 397 g/mol. The van der Waals surface area contributed by atoms with Gasteiger partial charge in [0.15, 0.2) is 9.84 Å². The summed E-state index contributed by atoms with van der Waals surface area (Å²) in [5, 5.41) is 0. The fourth-order valence-electron chi connectivity index (χ4n) is 5.25. The van der Waals surface area contributed by atoms with Crippen LogP contribution in [0.1, 0.15) is 57.4 Å². The molecule has 4 heteroatoms. The van der Waals surface area contributed by atoms with Crippen molar-refractivity contribution in [3.8, 4) is 0 Å². The normalized spacial score (nSPS) is 25.3. The molecule has 0 aromatic heterocycles. The van der Waals surface area contributed by atoms with Crippen LogP contribution in [0.15, 0.2) is 65.6 Å². The maximum Gasteiger partial charge on any atom is 0.183 e.